The molecule has 2 unspecified atom stereocenters. The number of hydrazine groups is 1. The summed E-state index contributed by atoms with van der Waals surface area (Å²) in [5, 5.41) is 3.43. The molecular formula is C29H39N3O7S. The molecule has 218 valence electrons. The van der Waals surface area contributed by atoms with Crippen LogP contribution < -0.4 is 9.47 Å². The molecule has 0 radical (unpaired) electrons. The van der Waals surface area contributed by atoms with Crippen molar-refractivity contribution in [1.29, 1.82) is 0 Å². The van der Waals surface area contributed by atoms with E-state index in [1.807, 2.05) is 81.2 Å². The molecule has 1 amide bonds. The standard InChI is InChI=1S/C29H39N3O7S/c1-19(26(38-7)30-40(35)29(2,3)4)25-24(28(34)39-8)27(33)32(18-21-11-15-23(37-6)16-12-21)31(25)17-20-9-13-22(36-5)14-10-20/h9-16,19,24-25H,17-18H2,1-8H3/b30-26-/t19?,24-,25-,40?/m1/s1. The fourth-order valence-electron chi connectivity index (χ4n) is 4.53. The molecule has 2 aromatic rings. The Kier molecular flexibility index (Phi) is 10.3. The Hall–Kier alpha value is -3.44. The third-order valence-corrected chi connectivity index (χ3v) is 8.17. The first kappa shape index (κ1) is 31.1. The summed E-state index contributed by atoms with van der Waals surface area (Å²) >= 11 is 0. The number of carbonyl (C=O) groups is 2. The average molecular weight is 574 g/mol. The van der Waals surface area contributed by atoms with E-state index in [0.29, 0.717) is 18.0 Å². The van der Waals surface area contributed by atoms with E-state index in [9.17, 15) is 13.8 Å². The maximum Gasteiger partial charge on any atom is 0.320 e. The highest BCUT2D eigenvalue weighted by Gasteiger charge is 2.54. The first-order chi connectivity index (χ1) is 18.9. The highest BCUT2D eigenvalue weighted by atomic mass is 32.2. The van der Waals surface area contributed by atoms with Gasteiger partial charge < -0.3 is 18.9 Å². The van der Waals surface area contributed by atoms with Crippen LogP contribution in [0.2, 0.25) is 0 Å². The second-order valence-corrected chi connectivity index (χ2v) is 12.4. The molecule has 3 rings (SSSR count). The molecule has 1 saturated heterocycles. The first-order valence-electron chi connectivity index (χ1n) is 12.9. The van der Waals surface area contributed by atoms with Gasteiger partial charge in [-0.25, -0.2) is 9.22 Å². The molecule has 0 aromatic heterocycles. The minimum absolute atomic E-state index is 0.186. The van der Waals surface area contributed by atoms with Crippen molar-refractivity contribution in [1.82, 2.24) is 10.0 Å². The Labute approximate surface area is 238 Å². The van der Waals surface area contributed by atoms with Crippen molar-refractivity contribution in [3.05, 3.63) is 59.7 Å². The van der Waals surface area contributed by atoms with E-state index >= 15 is 0 Å². The summed E-state index contributed by atoms with van der Waals surface area (Å²) in [4.78, 5) is 27.1. The maximum absolute atomic E-state index is 13.9. The zero-order valence-electron chi connectivity index (χ0n) is 24.4. The summed E-state index contributed by atoms with van der Waals surface area (Å²) < 4.78 is 38.0. The predicted octanol–water partition coefficient (Wildman–Crippen LogP) is 3.76. The van der Waals surface area contributed by atoms with E-state index in [1.54, 1.807) is 19.2 Å². The molecule has 1 fully saturated rings. The van der Waals surface area contributed by atoms with Crippen molar-refractivity contribution >= 4 is 28.8 Å². The number of nitrogens with zero attached hydrogens (tertiary/aromatic N) is 3. The maximum atomic E-state index is 13.9. The number of amides is 1. The van der Waals surface area contributed by atoms with Crippen LogP contribution in [0.3, 0.4) is 0 Å². The van der Waals surface area contributed by atoms with Gasteiger partial charge in [0.25, 0.3) is 5.91 Å². The molecule has 1 aliphatic heterocycles. The van der Waals surface area contributed by atoms with Crippen LogP contribution in [0.4, 0.5) is 0 Å². The van der Waals surface area contributed by atoms with Crippen LogP contribution in [0.1, 0.15) is 38.8 Å². The fraction of sp³-hybridized carbons (Fsp3) is 0.483. The highest BCUT2D eigenvalue weighted by molar-refractivity contribution is 7.85. The molecule has 0 N–H and O–H groups in total. The Morgan fingerprint density at radius 1 is 0.900 bits per heavy atom. The van der Waals surface area contributed by atoms with Gasteiger partial charge in [0.15, 0.2) is 5.92 Å². The number of esters is 1. The topological polar surface area (TPSA) is 107 Å². The Morgan fingerprint density at radius 2 is 1.40 bits per heavy atom. The molecular weight excluding hydrogens is 534 g/mol. The first-order valence-corrected chi connectivity index (χ1v) is 14.0. The van der Waals surface area contributed by atoms with Crippen molar-refractivity contribution in [3.8, 4) is 11.5 Å². The van der Waals surface area contributed by atoms with Gasteiger partial charge in [-0.15, -0.1) is 0 Å². The van der Waals surface area contributed by atoms with Gasteiger partial charge in [0.05, 0.1) is 51.7 Å². The molecule has 40 heavy (non-hydrogen) atoms. The van der Waals surface area contributed by atoms with E-state index in [-0.39, 0.29) is 12.4 Å². The van der Waals surface area contributed by atoms with Crippen molar-refractivity contribution in [2.45, 2.75) is 51.6 Å². The number of ether oxygens (including phenoxy) is 4. The summed E-state index contributed by atoms with van der Waals surface area (Å²) in [6.45, 7) is 7.76. The molecule has 0 aliphatic carbocycles. The summed E-state index contributed by atoms with van der Waals surface area (Å²) in [6, 6.07) is 14.1. The number of carbonyl (C=O) groups excluding carboxylic acids is 2. The van der Waals surface area contributed by atoms with Gasteiger partial charge >= 0.3 is 5.97 Å². The quantitative estimate of drug-likeness (QED) is 0.183. The normalized spacial score (nSPS) is 19.8. The molecule has 0 bridgehead atoms. The van der Waals surface area contributed by atoms with Crippen LogP contribution in [0.5, 0.6) is 11.5 Å². The van der Waals surface area contributed by atoms with E-state index < -0.39 is 45.5 Å². The number of methoxy groups -OCH3 is 4. The van der Waals surface area contributed by atoms with Crippen LogP contribution in [0, 0.1) is 11.8 Å². The number of hydrogen-bond acceptors (Lipinski definition) is 8. The van der Waals surface area contributed by atoms with Gasteiger partial charge in [-0.1, -0.05) is 31.2 Å². The Bertz CT molecular complexity index is 1230. The van der Waals surface area contributed by atoms with Gasteiger partial charge in [0.1, 0.15) is 22.5 Å². The van der Waals surface area contributed by atoms with E-state index in [4.69, 9.17) is 18.9 Å². The fourth-order valence-corrected chi connectivity index (χ4v) is 5.21. The van der Waals surface area contributed by atoms with Crippen molar-refractivity contribution in [2.24, 2.45) is 16.2 Å². The molecule has 0 saturated carbocycles. The molecule has 4 atom stereocenters. The van der Waals surface area contributed by atoms with Gasteiger partial charge in [0.2, 0.25) is 5.90 Å². The molecule has 1 aliphatic rings. The number of rotatable bonds is 10. The van der Waals surface area contributed by atoms with Gasteiger partial charge in [-0.3, -0.25) is 14.6 Å². The zero-order valence-corrected chi connectivity index (χ0v) is 25.2. The van der Waals surface area contributed by atoms with Crippen LogP contribution in [0.15, 0.2) is 52.9 Å². The monoisotopic (exact) mass is 573 g/mol. The lowest BCUT2D eigenvalue weighted by atomic mass is 9.89. The second kappa shape index (κ2) is 13.3. The van der Waals surface area contributed by atoms with Crippen molar-refractivity contribution in [2.75, 3.05) is 28.4 Å². The smallest absolute Gasteiger partial charge is 0.320 e. The van der Waals surface area contributed by atoms with Crippen molar-refractivity contribution in [3.63, 3.8) is 0 Å². The van der Waals surface area contributed by atoms with Crippen LogP contribution in [-0.4, -0.2) is 71.2 Å². The van der Waals surface area contributed by atoms with Crippen LogP contribution in [0.25, 0.3) is 0 Å². The van der Waals surface area contributed by atoms with Crippen molar-refractivity contribution < 1.29 is 32.7 Å². The zero-order chi connectivity index (χ0) is 29.6. The lowest BCUT2D eigenvalue weighted by molar-refractivity contribution is -0.151. The second-order valence-electron chi connectivity index (χ2n) is 10.5. The Morgan fingerprint density at radius 3 is 1.82 bits per heavy atom. The molecule has 2 aromatic carbocycles. The summed E-state index contributed by atoms with van der Waals surface area (Å²) in [7, 11) is 4.28. The lowest BCUT2D eigenvalue weighted by Crippen LogP contribution is -2.47. The number of benzene rings is 2. The third kappa shape index (κ3) is 7.00. The van der Waals surface area contributed by atoms with E-state index in [0.717, 1.165) is 11.1 Å². The lowest BCUT2D eigenvalue weighted by Gasteiger charge is -2.35. The molecule has 0 spiro atoms. The SMILES string of the molecule is COC(=O)[C@H]1C(=O)N(Cc2ccc(OC)cc2)N(Cc2ccc(OC)cc2)[C@@H]1C(C)/C(=N/S(=O)C(C)(C)C)OC. The average Bonchev–Trinajstić information content (AvgIpc) is 3.21. The minimum atomic E-state index is -1.61. The summed E-state index contributed by atoms with van der Waals surface area (Å²) in [5.74, 6) is -1.23. The van der Waals surface area contributed by atoms with E-state index in [2.05, 4.69) is 4.40 Å². The Balaban J connectivity index is 2.11. The van der Waals surface area contributed by atoms with E-state index in [1.165, 1.54) is 14.2 Å². The van der Waals surface area contributed by atoms with Gasteiger partial charge in [0, 0.05) is 6.54 Å². The van der Waals surface area contributed by atoms with Gasteiger partial charge in [-0.2, -0.15) is 4.40 Å². The van der Waals surface area contributed by atoms with Crippen LogP contribution >= 0.6 is 0 Å². The summed E-state index contributed by atoms with van der Waals surface area (Å²) in [5.41, 5.74) is 1.74. The number of hydrogen-bond donors (Lipinski definition) is 0. The van der Waals surface area contributed by atoms with Crippen LogP contribution in [-0.2, 0) is 43.1 Å². The minimum Gasteiger partial charge on any atom is -0.497 e. The van der Waals surface area contributed by atoms with Gasteiger partial charge in [-0.05, 0) is 56.2 Å². The summed E-state index contributed by atoms with van der Waals surface area (Å²) in [6.07, 6.45) is 0. The highest BCUT2D eigenvalue weighted by Crippen LogP contribution is 2.36. The third-order valence-electron chi connectivity index (χ3n) is 6.77. The molecule has 10 nitrogen and oxygen atoms in total. The largest absolute Gasteiger partial charge is 0.497 e. The predicted molar refractivity (Wildman–Crippen MR) is 153 cm³/mol. The molecule has 11 heteroatoms. The molecule has 1 heterocycles.